The minimum Gasteiger partial charge on any atom is -0.335 e. The molecular formula is C22H20N2O2. The Morgan fingerprint density at radius 3 is 2.35 bits per heavy atom. The molecule has 2 aromatic carbocycles. The molecule has 0 radical (unpaired) electrons. The molecule has 0 bridgehead atoms. The maximum absolute atomic E-state index is 13.1. The Hall–Kier alpha value is -3.14. The van der Waals surface area contributed by atoms with Crippen molar-refractivity contribution in [3.05, 3.63) is 88.4 Å². The summed E-state index contributed by atoms with van der Waals surface area (Å²) in [6.45, 7) is 1.26. The minimum absolute atomic E-state index is 0.0276. The quantitative estimate of drug-likeness (QED) is 0.714. The van der Waals surface area contributed by atoms with E-state index in [9.17, 15) is 9.59 Å². The maximum atomic E-state index is 13.1. The van der Waals surface area contributed by atoms with E-state index in [0.717, 1.165) is 11.8 Å². The first-order valence-corrected chi connectivity index (χ1v) is 8.77. The van der Waals surface area contributed by atoms with Crippen molar-refractivity contribution < 1.29 is 4.79 Å². The molecule has 130 valence electrons. The highest BCUT2D eigenvalue weighted by atomic mass is 16.2. The highest BCUT2D eigenvalue weighted by molar-refractivity contribution is 6.06. The van der Waals surface area contributed by atoms with E-state index in [1.165, 1.54) is 15.7 Å². The number of aryl methyl sites for hydroxylation is 1. The van der Waals surface area contributed by atoms with Crippen LogP contribution in [0.5, 0.6) is 0 Å². The Kier molecular flexibility index (Phi) is 4.17. The molecule has 2 heterocycles. The van der Waals surface area contributed by atoms with Crippen LogP contribution in [-0.2, 0) is 7.05 Å². The van der Waals surface area contributed by atoms with Crippen molar-refractivity contribution in [1.29, 1.82) is 0 Å². The van der Waals surface area contributed by atoms with Gasteiger partial charge in [0, 0.05) is 37.1 Å². The fraction of sp³-hybridized carbons (Fsp3) is 0.182. The number of hydrogen-bond donors (Lipinski definition) is 0. The molecule has 1 aliphatic heterocycles. The molecule has 0 N–H and O–H groups in total. The maximum Gasteiger partial charge on any atom is 0.258 e. The fourth-order valence-electron chi connectivity index (χ4n) is 3.53. The van der Waals surface area contributed by atoms with Crippen molar-refractivity contribution in [3.63, 3.8) is 0 Å². The molecule has 4 nitrogen and oxygen atoms in total. The topological polar surface area (TPSA) is 42.3 Å². The summed E-state index contributed by atoms with van der Waals surface area (Å²) in [6.07, 6.45) is 4.61. The molecular weight excluding hydrogens is 324 g/mol. The van der Waals surface area contributed by atoms with Crippen molar-refractivity contribution >= 4 is 22.3 Å². The van der Waals surface area contributed by atoms with Crippen molar-refractivity contribution in [2.45, 2.75) is 6.42 Å². The van der Waals surface area contributed by atoms with E-state index < -0.39 is 0 Å². The van der Waals surface area contributed by atoms with E-state index in [1.807, 2.05) is 41.3 Å². The molecule has 1 aromatic heterocycles. The molecule has 1 aliphatic rings. The number of hydrogen-bond acceptors (Lipinski definition) is 2. The van der Waals surface area contributed by atoms with E-state index in [1.54, 1.807) is 19.3 Å². The number of rotatable bonds is 2. The molecule has 26 heavy (non-hydrogen) atoms. The zero-order chi connectivity index (χ0) is 18.1. The van der Waals surface area contributed by atoms with E-state index in [-0.39, 0.29) is 11.5 Å². The molecule has 4 rings (SSSR count). The molecule has 0 atom stereocenters. The largest absolute Gasteiger partial charge is 0.335 e. The van der Waals surface area contributed by atoms with Crippen molar-refractivity contribution in [1.82, 2.24) is 9.47 Å². The highest BCUT2D eigenvalue weighted by Gasteiger charge is 2.22. The summed E-state index contributed by atoms with van der Waals surface area (Å²) in [4.78, 5) is 27.3. The first-order chi connectivity index (χ1) is 12.6. The van der Waals surface area contributed by atoms with E-state index in [0.29, 0.717) is 24.0 Å². The molecule has 0 aliphatic carbocycles. The van der Waals surface area contributed by atoms with Crippen LogP contribution < -0.4 is 5.56 Å². The predicted octanol–water partition coefficient (Wildman–Crippen LogP) is 3.47. The number of fused-ring (bicyclic) bond motifs is 1. The third-order valence-electron chi connectivity index (χ3n) is 4.96. The number of aromatic nitrogens is 1. The molecule has 0 unspecified atom stereocenters. The lowest BCUT2D eigenvalue weighted by Crippen LogP contribution is -2.35. The van der Waals surface area contributed by atoms with Gasteiger partial charge in [-0.25, -0.2) is 0 Å². The summed E-state index contributed by atoms with van der Waals surface area (Å²) >= 11 is 0. The minimum atomic E-state index is -0.0814. The first kappa shape index (κ1) is 16.3. The molecule has 4 heteroatoms. The zero-order valence-corrected chi connectivity index (χ0v) is 14.7. The van der Waals surface area contributed by atoms with E-state index in [2.05, 4.69) is 18.2 Å². The second-order valence-electron chi connectivity index (χ2n) is 6.60. The molecule has 1 amide bonds. The lowest BCUT2D eigenvalue weighted by molar-refractivity contribution is 0.0774. The van der Waals surface area contributed by atoms with Gasteiger partial charge in [0.1, 0.15) is 0 Å². The highest BCUT2D eigenvalue weighted by Crippen LogP contribution is 2.24. The van der Waals surface area contributed by atoms with Crippen LogP contribution in [0, 0.1) is 0 Å². The average Bonchev–Trinajstić information content (AvgIpc) is 2.71. The summed E-state index contributed by atoms with van der Waals surface area (Å²) in [5.41, 5.74) is 2.99. The van der Waals surface area contributed by atoms with Crippen molar-refractivity contribution in [3.8, 4) is 0 Å². The van der Waals surface area contributed by atoms with Crippen LogP contribution in [0.4, 0.5) is 0 Å². The van der Waals surface area contributed by atoms with Crippen molar-refractivity contribution in [2.24, 2.45) is 7.05 Å². The van der Waals surface area contributed by atoms with Gasteiger partial charge in [0.25, 0.3) is 11.5 Å². The van der Waals surface area contributed by atoms with Gasteiger partial charge in [-0.15, -0.1) is 0 Å². The molecule has 3 aromatic rings. The van der Waals surface area contributed by atoms with Gasteiger partial charge >= 0.3 is 0 Å². The van der Waals surface area contributed by atoms with Gasteiger partial charge in [-0.05, 0) is 23.6 Å². The summed E-state index contributed by atoms with van der Waals surface area (Å²) in [7, 11) is 1.69. The number of pyridine rings is 1. The van der Waals surface area contributed by atoms with Gasteiger partial charge < -0.3 is 9.47 Å². The van der Waals surface area contributed by atoms with Gasteiger partial charge in [-0.2, -0.15) is 0 Å². The van der Waals surface area contributed by atoms with Gasteiger partial charge in [-0.3, -0.25) is 9.59 Å². The Labute approximate surface area is 152 Å². The Balaban J connectivity index is 1.66. The summed E-state index contributed by atoms with van der Waals surface area (Å²) in [6, 6.07) is 17.6. The number of carbonyl (C=O) groups excluding carboxylic acids is 1. The molecule has 0 fully saturated rings. The van der Waals surface area contributed by atoms with Crippen molar-refractivity contribution in [2.75, 3.05) is 13.1 Å². The Morgan fingerprint density at radius 1 is 0.962 bits per heavy atom. The van der Waals surface area contributed by atoms with Crippen LogP contribution in [0.25, 0.3) is 16.3 Å². The second-order valence-corrected chi connectivity index (χ2v) is 6.60. The third-order valence-corrected chi connectivity index (χ3v) is 4.96. The van der Waals surface area contributed by atoms with Crippen LogP contribution in [0.2, 0.25) is 0 Å². The monoisotopic (exact) mass is 344 g/mol. The predicted molar refractivity (Wildman–Crippen MR) is 104 cm³/mol. The summed E-state index contributed by atoms with van der Waals surface area (Å²) in [5.74, 6) is -0.0276. The number of benzene rings is 2. The van der Waals surface area contributed by atoms with Crippen LogP contribution in [0.1, 0.15) is 22.3 Å². The standard InChI is InChI=1S/C22H20N2O2/c1-23-15-20(18-9-5-6-10-19(18)21(23)25)22(26)24-13-11-17(12-14-24)16-7-3-2-4-8-16/h2-11,15H,12-14H2,1H3. The van der Waals surface area contributed by atoms with Crippen LogP contribution in [-0.4, -0.2) is 28.5 Å². The van der Waals surface area contributed by atoms with Crippen LogP contribution in [0.15, 0.2) is 71.7 Å². The van der Waals surface area contributed by atoms with Gasteiger partial charge in [0.2, 0.25) is 0 Å². The third kappa shape index (κ3) is 2.84. The smallest absolute Gasteiger partial charge is 0.258 e. The molecule has 0 saturated carbocycles. The van der Waals surface area contributed by atoms with Crippen LogP contribution >= 0.6 is 0 Å². The number of amides is 1. The summed E-state index contributed by atoms with van der Waals surface area (Å²) in [5, 5.41) is 1.30. The van der Waals surface area contributed by atoms with Gasteiger partial charge in [0.15, 0.2) is 0 Å². The van der Waals surface area contributed by atoms with Gasteiger partial charge in [0.05, 0.1) is 5.56 Å². The first-order valence-electron chi connectivity index (χ1n) is 8.77. The lowest BCUT2D eigenvalue weighted by Gasteiger charge is -2.27. The number of carbonyl (C=O) groups is 1. The molecule has 0 saturated heterocycles. The SMILES string of the molecule is Cn1cc(C(=O)N2CC=C(c3ccccc3)CC2)c2ccccc2c1=O. The normalized spacial score (nSPS) is 14.3. The Morgan fingerprint density at radius 2 is 1.65 bits per heavy atom. The fourth-order valence-corrected chi connectivity index (χ4v) is 3.53. The summed E-state index contributed by atoms with van der Waals surface area (Å²) < 4.78 is 1.49. The number of nitrogens with zero attached hydrogens (tertiary/aromatic N) is 2. The Bertz CT molecular complexity index is 1060. The van der Waals surface area contributed by atoms with Gasteiger partial charge in [-0.1, -0.05) is 54.6 Å². The lowest BCUT2D eigenvalue weighted by atomic mass is 9.99. The molecule has 0 spiro atoms. The average molecular weight is 344 g/mol. The second kappa shape index (κ2) is 6.64. The van der Waals surface area contributed by atoms with E-state index in [4.69, 9.17) is 0 Å². The van der Waals surface area contributed by atoms with Crippen LogP contribution in [0.3, 0.4) is 0 Å². The zero-order valence-electron chi connectivity index (χ0n) is 14.7. The van der Waals surface area contributed by atoms with E-state index >= 15 is 0 Å².